The minimum absolute atomic E-state index is 0.196. The Hall–Kier alpha value is -0.700. The third-order valence-corrected chi connectivity index (χ3v) is 4.73. The molecule has 9 nitrogen and oxygen atoms in total. The molecule has 0 aliphatic rings. The van der Waals surface area contributed by atoms with Gasteiger partial charge in [0.1, 0.15) is 12.8 Å². The summed E-state index contributed by atoms with van der Waals surface area (Å²) >= 11 is 11.2. The van der Waals surface area contributed by atoms with Gasteiger partial charge >= 0.3 is 13.5 Å². The molecule has 1 heterocycles. The predicted octanol–water partition coefficient (Wildman–Crippen LogP) is 1.69. The average Bonchev–Trinajstić information content (AvgIpc) is 2.77. The van der Waals surface area contributed by atoms with Gasteiger partial charge in [-0.05, 0) is 4.92 Å². The number of nitro groups is 1. The van der Waals surface area contributed by atoms with Crippen LogP contribution in [0.15, 0.2) is 6.20 Å². The van der Waals surface area contributed by atoms with E-state index in [2.05, 4.69) is 4.98 Å². The van der Waals surface area contributed by atoms with Crippen molar-refractivity contribution in [1.29, 1.82) is 0 Å². The van der Waals surface area contributed by atoms with Crippen molar-refractivity contribution in [1.82, 2.24) is 14.2 Å². The van der Waals surface area contributed by atoms with Crippen LogP contribution >= 0.6 is 30.9 Å². The number of hydrogen-bond acceptors (Lipinski definition) is 5. The number of halogens is 2. The molecule has 0 fully saturated rings. The summed E-state index contributed by atoms with van der Waals surface area (Å²) in [6.07, 6.45) is 1.09. The number of nitrogens with zero attached hydrogens (tertiary/aromatic N) is 4. The third kappa shape index (κ3) is 4.91. The van der Waals surface area contributed by atoms with Crippen molar-refractivity contribution in [3.63, 3.8) is 0 Å². The van der Waals surface area contributed by atoms with Crippen molar-refractivity contribution in [2.24, 2.45) is 12.6 Å². The molecule has 0 saturated heterocycles. The van der Waals surface area contributed by atoms with Crippen molar-refractivity contribution < 1.29 is 14.0 Å². The van der Waals surface area contributed by atoms with E-state index in [1.807, 2.05) is 0 Å². The molecule has 0 saturated carbocycles. The highest BCUT2D eigenvalue weighted by atomic mass is 35.5. The first-order valence-electron chi connectivity index (χ1n) is 5.89. The molecule has 2 N–H and O–H groups in total. The van der Waals surface area contributed by atoms with Crippen LogP contribution in [0.1, 0.15) is 5.82 Å². The molecule has 1 aromatic heterocycles. The topological polar surface area (TPSA) is 117 Å². The molecule has 0 radical (unpaired) electrons. The molecule has 1 unspecified atom stereocenters. The fraction of sp³-hybridized carbons (Fsp3) is 0.667. The van der Waals surface area contributed by atoms with Crippen molar-refractivity contribution in [2.45, 2.75) is 6.61 Å². The summed E-state index contributed by atoms with van der Waals surface area (Å²) in [7, 11) is -2.14. The van der Waals surface area contributed by atoms with Gasteiger partial charge in [-0.3, -0.25) is 9.09 Å². The number of nitrogens with two attached hydrogens (primary N) is 1. The highest BCUT2D eigenvalue weighted by Gasteiger charge is 2.28. The lowest BCUT2D eigenvalue weighted by molar-refractivity contribution is -0.391. The Kier molecular flexibility index (Phi) is 7.05. The highest BCUT2D eigenvalue weighted by Crippen LogP contribution is 2.43. The van der Waals surface area contributed by atoms with E-state index >= 15 is 0 Å². The first kappa shape index (κ1) is 18.3. The fourth-order valence-corrected chi connectivity index (χ4v) is 3.42. The Morgan fingerprint density at radius 1 is 1.52 bits per heavy atom. The van der Waals surface area contributed by atoms with Crippen molar-refractivity contribution in [2.75, 3.05) is 24.8 Å². The normalized spacial score (nSPS) is 14.3. The van der Waals surface area contributed by atoms with E-state index in [-0.39, 0.29) is 43.1 Å². The van der Waals surface area contributed by atoms with E-state index < -0.39 is 12.6 Å². The highest BCUT2D eigenvalue weighted by molar-refractivity contribution is 7.53. The number of hydrogen-bond donors (Lipinski definition) is 1. The molecule has 120 valence electrons. The van der Waals surface area contributed by atoms with E-state index in [9.17, 15) is 14.7 Å². The van der Waals surface area contributed by atoms with E-state index in [1.54, 1.807) is 0 Å². The van der Waals surface area contributed by atoms with Gasteiger partial charge in [0, 0.05) is 24.8 Å². The monoisotopic (exact) mass is 359 g/mol. The predicted molar refractivity (Wildman–Crippen MR) is 79.5 cm³/mol. The van der Waals surface area contributed by atoms with Gasteiger partial charge in [-0.15, -0.1) is 23.2 Å². The summed E-state index contributed by atoms with van der Waals surface area (Å²) in [5, 5.41) is 10.7. The zero-order valence-corrected chi connectivity index (χ0v) is 13.7. The maximum atomic E-state index is 12.3. The number of imidazole rings is 1. The van der Waals surface area contributed by atoms with Gasteiger partial charge in [0.15, 0.2) is 0 Å². The largest absolute Gasteiger partial charge is 0.358 e. The van der Waals surface area contributed by atoms with E-state index in [0.29, 0.717) is 0 Å². The zero-order chi connectivity index (χ0) is 16.0. The van der Waals surface area contributed by atoms with Gasteiger partial charge in [-0.2, -0.15) is 0 Å². The molecule has 0 spiro atoms. The van der Waals surface area contributed by atoms with Gasteiger partial charge in [0.25, 0.3) is 0 Å². The van der Waals surface area contributed by atoms with Gasteiger partial charge in [-0.25, -0.2) is 19.7 Å². The van der Waals surface area contributed by atoms with Crippen LogP contribution < -0.4 is 5.50 Å². The molecular formula is C9H16Cl2N5O4P. The average molecular weight is 360 g/mol. The third-order valence-electron chi connectivity index (χ3n) is 2.71. The molecule has 0 aliphatic carbocycles. The second kappa shape index (κ2) is 8.07. The summed E-state index contributed by atoms with van der Waals surface area (Å²) < 4.78 is 20.1. The Balaban J connectivity index is 2.76. The second-order valence-corrected chi connectivity index (χ2v) is 6.73. The molecule has 21 heavy (non-hydrogen) atoms. The Bertz CT molecular complexity index is 534. The van der Waals surface area contributed by atoms with Crippen molar-refractivity contribution in [3.05, 3.63) is 22.1 Å². The van der Waals surface area contributed by atoms with Crippen LogP contribution in [0.2, 0.25) is 0 Å². The number of rotatable bonds is 9. The van der Waals surface area contributed by atoms with Crippen molar-refractivity contribution in [3.8, 4) is 0 Å². The van der Waals surface area contributed by atoms with Gasteiger partial charge in [0.2, 0.25) is 5.82 Å². The van der Waals surface area contributed by atoms with Gasteiger partial charge in [0.05, 0.1) is 7.05 Å². The first-order valence-corrected chi connectivity index (χ1v) is 8.60. The quantitative estimate of drug-likeness (QED) is 0.308. The SMILES string of the molecule is Cn1c([N+](=O)[O-])cnc1COP(N)(=O)N(CCCl)CCCl. The van der Waals surface area contributed by atoms with Crippen LogP contribution in [0, 0.1) is 10.1 Å². The molecule has 1 rings (SSSR count). The number of alkyl halides is 2. The summed E-state index contributed by atoms with van der Waals surface area (Å²) in [6.45, 7) is 0.282. The van der Waals surface area contributed by atoms with Gasteiger partial charge < -0.3 is 10.1 Å². The van der Waals surface area contributed by atoms with E-state index in [0.717, 1.165) is 6.20 Å². The van der Waals surface area contributed by atoms with Crippen LogP contribution in [-0.2, 0) is 22.7 Å². The minimum Gasteiger partial charge on any atom is -0.358 e. The lowest BCUT2D eigenvalue weighted by atomic mass is 10.6. The molecule has 0 aromatic carbocycles. The van der Waals surface area contributed by atoms with Crippen LogP contribution in [0.4, 0.5) is 5.82 Å². The first-order chi connectivity index (χ1) is 9.83. The Labute approximate surface area is 131 Å². The summed E-state index contributed by atoms with van der Waals surface area (Å²) in [6, 6.07) is 0. The standard InChI is InChI=1S/C9H16Cl2N5O4P/c1-14-8(13-6-9(14)16(17)18)7-20-21(12,19)15(4-2-10)5-3-11/h6H,2-5,7H2,1H3,(H2,12,19). The van der Waals surface area contributed by atoms with E-state index in [4.69, 9.17) is 33.2 Å². The van der Waals surface area contributed by atoms with Crippen LogP contribution in [-0.4, -0.2) is 44.0 Å². The molecule has 0 amide bonds. The lowest BCUT2D eigenvalue weighted by Crippen LogP contribution is -2.29. The number of aromatic nitrogens is 2. The molecule has 0 bridgehead atoms. The fourth-order valence-electron chi connectivity index (χ4n) is 1.56. The smallest absolute Gasteiger partial charge is 0.342 e. The Morgan fingerprint density at radius 2 is 2.10 bits per heavy atom. The van der Waals surface area contributed by atoms with Crippen LogP contribution in [0.5, 0.6) is 0 Å². The van der Waals surface area contributed by atoms with Crippen LogP contribution in [0.25, 0.3) is 0 Å². The minimum atomic E-state index is -3.59. The van der Waals surface area contributed by atoms with E-state index in [1.165, 1.54) is 16.3 Å². The lowest BCUT2D eigenvalue weighted by Gasteiger charge is -2.25. The molecule has 1 atom stereocenters. The maximum absolute atomic E-state index is 12.3. The van der Waals surface area contributed by atoms with Gasteiger partial charge in [-0.1, -0.05) is 0 Å². The second-order valence-electron chi connectivity index (χ2n) is 4.02. The summed E-state index contributed by atoms with van der Waals surface area (Å²) in [4.78, 5) is 14.0. The Morgan fingerprint density at radius 3 is 2.52 bits per heavy atom. The molecule has 1 aromatic rings. The van der Waals surface area contributed by atoms with Crippen LogP contribution in [0.3, 0.4) is 0 Å². The molecule has 0 aliphatic heterocycles. The molecule has 12 heteroatoms. The summed E-state index contributed by atoms with van der Waals surface area (Å²) in [5.74, 6) is 0.479. The maximum Gasteiger partial charge on any atom is 0.342 e. The van der Waals surface area contributed by atoms with Crippen molar-refractivity contribution >= 4 is 36.7 Å². The summed E-state index contributed by atoms with van der Waals surface area (Å²) in [5.41, 5.74) is 5.67. The zero-order valence-electron chi connectivity index (χ0n) is 11.3. The molecular weight excluding hydrogens is 344 g/mol.